The van der Waals surface area contributed by atoms with Crippen LogP contribution in [0.25, 0.3) is 0 Å². The summed E-state index contributed by atoms with van der Waals surface area (Å²) in [5.41, 5.74) is 1.37. The highest BCUT2D eigenvalue weighted by Gasteiger charge is 2.52. The van der Waals surface area contributed by atoms with Gasteiger partial charge in [0, 0.05) is 6.54 Å². The molecule has 1 N–H and O–H groups in total. The van der Waals surface area contributed by atoms with Crippen LogP contribution in [-0.2, 0) is 9.53 Å². The van der Waals surface area contributed by atoms with E-state index >= 15 is 0 Å². The molecule has 4 nitrogen and oxygen atoms in total. The molecule has 1 unspecified atom stereocenters. The van der Waals surface area contributed by atoms with Crippen LogP contribution in [0, 0.1) is 16.7 Å². The van der Waals surface area contributed by atoms with Crippen molar-refractivity contribution in [3.63, 3.8) is 0 Å². The molecule has 32 heavy (non-hydrogen) atoms. The lowest BCUT2D eigenvalue weighted by molar-refractivity contribution is -0.144. The predicted octanol–water partition coefficient (Wildman–Crippen LogP) is 5.87. The van der Waals surface area contributed by atoms with Gasteiger partial charge in [-0.05, 0) is 93.7 Å². The molecule has 176 valence electrons. The normalized spacial score (nSPS) is 29.5. The van der Waals surface area contributed by atoms with Crippen LogP contribution < -0.4 is 0 Å². The molecule has 4 aliphatic rings. The monoisotopic (exact) mass is 439 g/mol. The third-order valence-corrected chi connectivity index (χ3v) is 9.12. The van der Waals surface area contributed by atoms with E-state index in [-0.39, 0.29) is 5.41 Å². The maximum atomic E-state index is 11.6. The van der Waals surface area contributed by atoms with E-state index in [0.717, 1.165) is 63.8 Å². The summed E-state index contributed by atoms with van der Waals surface area (Å²) in [4.78, 5) is 14.1. The maximum absolute atomic E-state index is 11.6. The zero-order valence-corrected chi connectivity index (χ0v) is 19.6. The van der Waals surface area contributed by atoms with Gasteiger partial charge in [0.2, 0.25) is 0 Å². The van der Waals surface area contributed by atoms with Gasteiger partial charge in [-0.25, -0.2) is 0 Å². The number of benzene rings is 1. The van der Waals surface area contributed by atoms with Crippen LogP contribution in [-0.4, -0.2) is 48.3 Å². The van der Waals surface area contributed by atoms with Gasteiger partial charge >= 0.3 is 5.97 Å². The van der Waals surface area contributed by atoms with Gasteiger partial charge in [-0.3, -0.25) is 4.79 Å². The Morgan fingerprint density at radius 3 is 2.41 bits per heavy atom. The molecule has 4 heteroatoms. The minimum atomic E-state index is -0.587. The van der Waals surface area contributed by atoms with Gasteiger partial charge in [0.1, 0.15) is 0 Å². The highest BCUT2D eigenvalue weighted by atomic mass is 16.5. The Hall–Kier alpha value is -1.39. The van der Waals surface area contributed by atoms with Gasteiger partial charge in [0.25, 0.3) is 0 Å². The molecule has 0 bridgehead atoms. The Morgan fingerprint density at radius 1 is 1.03 bits per heavy atom. The molecule has 0 radical (unpaired) electrons. The minimum Gasteiger partial charge on any atom is -0.481 e. The van der Waals surface area contributed by atoms with E-state index < -0.39 is 11.4 Å². The van der Waals surface area contributed by atoms with Crippen LogP contribution in [0.1, 0.15) is 88.5 Å². The minimum absolute atomic E-state index is 0.289. The molecule has 5 rings (SSSR count). The molecule has 2 atom stereocenters. The molecule has 0 spiro atoms. The number of rotatable bonds is 10. The van der Waals surface area contributed by atoms with Gasteiger partial charge in [0.15, 0.2) is 0 Å². The van der Waals surface area contributed by atoms with E-state index in [1.165, 1.54) is 56.9 Å². The van der Waals surface area contributed by atoms with Crippen LogP contribution >= 0.6 is 0 Å². The van der Waals surface area contributed by atoms with E-state index in [4.69, 9.17) is 4.74 Å². The number of carboxylic acids is 1. The fourth-order valence-corrected chi connectivity index (χ4v) is 6.36. The summed E-state index contributed by atoms with van der Waals surface area (Å²) in [5, 5.41) is 9.59. The molecule has 0 amide bonds. The van der Waals surface area contributed by atoms with E-state index in [1.54, 1.807) is 0 Å². The number of piperidine rings is 1. The van der Waals surface area contributed by atoms with Crippen LogP contribution in [0.2, 0.25) is 0 Å². The SMILES string of the molecule is O=C(O)C1(CN2CCC(CC[C@@H]3CC3c3ccccc3)(COC3CCCCC3)CC2)CC1. The average Bonchev–Trinajstić information content (AvgIpc) is 3.75. The van der Waals surface area contributed by atoms with Crippen molar-refractivity contribution in [1.82, 2.24) is 4.90 Å². The van der Waals surface area contributed by atoms with Crippen molar-refractivity contribution in [2.24, 2.45) is 16.7 Å². The Labute approximate surface area is 193 Å². The Morgan fingerprint density at radius 2 is 1.75 bits per heavy atom. The second-order valence-corrected chi connectivity index (χ2v) is 11.5. The maximum Gasteiger partial charge on any atom is 0.310 e. The summed E-state index contributed by atoms with van der Waals surface area (Å²) < 4.78 is 6.56. The first-order valence-electron chi connectivity index (χ1n) is 13.2. The molecule has 3 aliphatic carbocycles. The van der Waals surface area contributed by atoms with E-state index in [9.17, 15) is 9.90 Å². The molecule has 3 saturated carbocycles. The number of hydrogen-bond acceptors (Lipinski definition) is 3. The molecule has 1 saturated heterocycles. The predicted molar refractivity (Wildman–Crippen MR) is 127 cm³/mol. The number of likely N-dealkylation sites (tertiary alicyclic amines) is 1. The first kappa shape index (κ1) is 22.4. The number of nitrogens with zero attached hydrogens (tertiary/aromatic N) is 1. The van der Waals surface area contributed by atoms with E-state index in [0.29, 0.717) is 6.10 Å². The number of carboxylic acid groups (broad SMARTS) is 1. The molecule has 0 aromatic heterocycles. The topological polar surface area (TPSA) is 49.8 Å². The molecule has 4 fully saturated rings. The van der Waals surface area contributed by atoms with E-state index in [2.05, 4.69) is 35.2 Å². The Balaban J connectivity index is 1.16. The van der Waals surface area contributed by atoms with Gasteiger partial charge in [-0.1, -0.05) is 49.6 Å². The highest BCUT2D eigenvalue weighted by Crippen LogP contribution is 2.53. The lowest BCUT2D eigenvalue weighted by atomic mass is 9.74. The molecule has 1 heterocycles. The van der Waals surface area contributed by atoms with Crippen LogP contribution in [0.5, 0.6) is 0 Å². The van der Waals surface area contributed by atoms with Crippen LogP contribution in [0.3, 0.4) is 0 Å². The highest BCUT2D eigenvalue weighted by molar-refractivity contribution is 5.78. The van der Waals surface area contributed by atoms with Crippen molar-refractivity contribution in [1.29, 1.82) is 0 Å². The summed E-state index contributed by atoms with van der Waals surface area (Å²) in [5.74, 6) is 1.01. The average molecular weight is 440 g/mol. The summed E-state index contributed by atoms with van der Waals surface area (Å²) >= 11 is 0. The number of aliphatic carboxylic acids is 1. The van der Waals surface area contributed by atoms with Crippen LogP contribution in [0.15, 0.2) is 30.3 Å². The van der Waals surface area contributed by atoms with Crippen molar-refractivity contribution in [3.8, 4) is 0 Å². The van der Waals surface area contributed by atoms with E-state index in [1.807, 2.05) is 0 Å². The molecule has 1 aromatic carbocycles. The summed E-state index contributed by atoms with van der Waals surface area (Å²) in [6.07, 6.45) is 14.9. The quantitative estimate of drug-likeness (QED) is 0.496. The van der Waals surface area contributed by atoms with Crippen molar-refractivity contribution < 1.29 is 14.6 Å². The standard InChI is InChI=1S/C28H41NO3/c30-26(31)28(13-14-28)20-29-17-15-27(16-18-29,21-32-24-9-5-2-6-10-24)12-11-23-19-25(23)22-7-3-1-4-8-22/h1,3-4,7-8,23-25H,2,5-6,9-21H2,(H,30,31)/t23-,25?/m1/s1. The molecule has 1 aliphatic heterocycles. The van der Waals surface area contributed by atoms with Crippen molar-refractivity contribution in [3.05, 3.63) is 35.9 Å². The zero-order valence-electron chi connectivity index (χ0n) is 19.6. The Kier molecular flexibility index (Phi) is 6.63. The van der Waals surface area contributed by atoms with Gasteiger partial charge in [-0.15, -0.1) is 0 Å². The second-order valence-electron chi connectivity index (χ2n) is 11.5. The largest absolute Gasteiger partial charge is 0.481 e. The molecular weight excluding hydrogens is 398 g/mol. The number of ether oxygens (including phenoxy) is 1. The lowest BCUT2D eigenvalue weighted by Crippen LogP contribution is -2.46. The summed E-state index contributed by atoms with van der Waals surface area (Å²) in [6, 6.07) is 11.0. The molecule has 1 aromatic rings. The van der Waals surface area contributed by atoms with Crippen molar-refractivity contribution in [2.45, 2.75) is 89.1 Å². The van der Waals surface area contributed by atoms with Gasteiger partial charge in [0.05, 0.1) is 18.1 Å². The fourth-order valence-electron chi connectivity index (χ4n) is 6.36. The van der Waals surface area contributed by atoms with Gasteiger partial charge in [-0.2, -0.15) is 0 Å². The van der Waals surface area contributed by atoms with Gasteiger partial charge < -0.3 is 14.7 Å². The van der Waals surface area contributed by atoms with Crippen molar-refractivity contribution in [2.75, 3.05) is 26.2 Å². The fraction of sp³-hybridized carbons (Fsp3) is 0.750. The first-order valence-corrected chi connectivity index (χ1v) is 13.2. The Bertz CT molecular complexity index is 760. The second kappa shape index (κ2) is 9.46. The third-order valence-electron chi connectivity index (χ3n) is 9.12. The molecular formula is C28H41NO3. The smallest absolute Gasteiger partial charge is 0.310 e. The summed E-state index contributed by atoms with van der Waals surface area (Å²) in [6.45, 7) is 3.74. The third kappa shape index (κ3) is 5.22. The lowest BCUT2D eigenvalue weighted by Gasteiger charge is -2.43. The number of carbonyl (C=O) groups is 1. The first-order chi connectivity index (χ1) is 15.6. The van der Waals surface area contributed by atoms with Crippen molar-refractivity contribution >= 4 is 5.97 Å². The summed E-state index contributed by atoms with van der Waals surface area (Å²) in [7, 11) is 0. The van der Waals surface area contributed by atoms with Crippen LogP contribution in [0.4, 0.5) is 0 Å². The zero-order chi connectivity index (χ0) is 22.0. The number of hydrogen-bond donors (Lipinski definition) is 1.